The second-order valence-electron chi connectivity index (χ2n) is 4.73. The molecule has 106 valence electrons. The van der Waals surface area contributed by atoms with Gasteiger partial charge in [-0.15, -0.1) is 0 Å². The maximum absolute atomic E-state index is 13.0. The summed E-state index contributed by atoms with van der Waals surface area (Å²) < 4.78 is 14.7. The smallest absolute Gasteiger partial charge is 0.123 e. The van der Waals surface area contributed by atoms with Gasteiger partial charge in [0.2, 0.25) is 0 Å². The Hall–Kier alpha value is -2.33. The number of halogens is 2. The number of aromatic nitrogens is 2. The molecule has 3 aromatic rings. The molecule has 2 aromatic carbocycles. The Balaban J connectivity index is 1.91. The number of hydrogen-bond donors (Lipinski definition) is 1. The Morgan fingerprint density at radius 3 is 2.52 bits per heavy atom. The van der Waals surface area contributed by atoms with Gasteiger partial charge in [0, 0.05) is 16.8 Å². The minimum Gasteiger partial charge on any atom is -0.396 e. The Labute approximate surface area is 126 Å². The van der Waals surface area contributed by atoms with E-state index in [0.29, 0.717) is 22.9 Å². The van der Waals surface area contributed by atoms with Gasteiger partial charge in [-0.1, -0.05) is 29.8 Å². The summed E-state index contributed by atoms with van der Waals surface area (Å²) in [6, 6.07) is 13.7. The summed E-state index contributed by atoms with van der Waals surface area (Å²) in [5.41, 5.74) is 8.93. The van der Waals surface area contributed by atoms with Crippen LogP contribution in [0.25, 0.3) is 11.3 Å². The molecule has 2 N–H and O–H groups in total. The van der Waals surface area contributed by atoms with Crippen LogP contribution < -0.4 is 5.73 Å². The largest absolute Gasteiger partial charge is 0.396 e. The van der Waals surface area contributed by atoms with Crippen molar-refractivity contribution in [2.45, 2.75) is 6.54 Å². The number of nitrogens with two attached hydrogens (primary N) is 1. The molecule has 0 atom stereocenters. The van der Waals surface area contributed by atoms with Crippen molar-refractivity contribution in [2.75, 3.05) is 5.73 Å². The predicted octanol–water partition coefficient (Wildman–Crippen LogP) is 3.97. The topological polar surface area (TPSA) is 43.8 Å². The van der Waals surface area contributed by atoms with Crippen LogP contribution in [0.2, 0.25) is 5.02 Å². The Morgan fingerprint density at radius 2 is 1.81 bits per heavy atom. The standard InChI is InChI=1S/C16H13ClFN3/c17-14-4-2-1-3-12(14)9-21-10-15(19)16(20-21)11-5-7-13(18)8-6-11/h1-8,10H,9,19H2. The highest BCUT2D eigenvalue weighted by Crippen LogP contribution is 2.25. The van der Waals surface area contributed by atoms with Crippen LogP contribution in [0.3, 0.4) is 0 Å². The lowest BCUT2D eigenvalue weighted by molar-refractivity contribution is 0.628. The Morgan fingerprint density at radius 1 is 1.10 bits per heavy atom. The molecule has 0 amide bonds. The second-order valence-corrected chi connectivity index (χ2v) is 5.14. The van der Waals surface area contributed by atoms with E-state index in [4.69, 9.17) is 17.3 Å². The molecule has 0 unspecified atom stereocenters. The lowest BCUT2D eigenvalue weighted by Crippen LogP contribution is -2.00. The Kier molecular flexibility index (Phi) is 3.62. The Bertz CT molecular complexity index is 765. The molecule has 0 aliphatic rings. The molecule has 3 nitrogen and oxygen atoms in total. The molecule has 0 aliphatic heterocycles. The van der Waals surface area contributed by atoms with E-state index in [2.05, 4.69) is 5.10 Å². The lowest BCUT2D eigenvalue weighted by atomic mass is 10.1. The van der Waals surface area contributed by atoms with E-state index in [1.807, 2.05) is 24.3 Å². The van der Waals surface area contributed by atoms with Crippen molar-refractivity contribution in [1.82, 2.24) is 9.78 Å². The van der Waals surface area contributed by atoms with Crippen molar-refractivity contribution in [3.8, 4) is 11.3 Å². The molecular weight excluding hydrogens is 289 g/mol. The summed E-state index contributed by atoms with van der Waals surface area (Å²) in [6.45, 7) is 0.533. The molecule has 1 heterocycles. The van der Waals surface area contributed by atoms with Gasteiger partial charge in [0.15, 0.2) is 0 Å². The van der Waals surface area contributed by atoms with Gasteiger partial charge in [0.1, 0.15) is 11.5 Å². The number of benzene rings is 2. The normalized spacial score (nSPS) is 10.8. The summed E-state index contributed by atoms with van der Waals surface area (Å²) in [5, 5.41) is 5.15. The fraction of sp³-hybridized carbons (Fsp3) is 0.0625. The summed E-state index contributed by atoms with van der Waals surface area (Å²) in [6.07, 6.45) is 1.75. The zero-order chi connectivity index (χ0) is 14.8. The number of nitrogens with zero attached hydrogens (tertiary/aromatic N) is 2. The molecule has 0 saturated heterocycles. The van der Waals surface area contributed by atoms with E-state index in [1.54, 1.807) is 23.0 Å². The third-order valence-corrected chi connectivity index (χ3v) is 3.57. The van der Waals surface area contributed by atoms with E-state index in [0.717, 1.165) is 11.1 Å². The van der Waals surface area contributed by atoms with Crippen molar-refractivity contribution in [3.63, 3.8) is 0 Å². The van der Waals surface area contributed by atoms with E-state index in [-0.39, 0.29) is 5.82 Å². The van der Waals surface area contributed by atoms with Crippen LogP contribution in [0.4, 0.5) is 10.1 Å². The first kappa shape index (κ1) is 13.6. The first-order valence-corrected chi connectivity index (χ1v) is 6.83. The van der Waals surface area contributed by atoms with Gasteiger partial charge in [0.25, 0.3) is 0 Å². The van der Waals surface area contributed by atoms with Gasteiger partial charge in [-0.25, -0.2) is 4.39 Å². The van der Waals surface area contributed by atoms with E-state index in [1.165, 1.54) is 12.1 Å². The van der Waals surface area contributed by atoms with Crippen LogP contribution in [0.1, 0.15) is 5.56 Å². The van der Waals surface area contributed by atoms with Gasteiger partial charge >= 0.3 is 0 Å². The first-order chi connectivity index (χ1) is 10.1. The van der Waals surface area contributed by atoms with Crippen molar-refractivity contribution >= 4 is 17.3 Å². The van der Waals surface area contributed by atoms with Crippen molar-refractivity contribution in [2.24, 2.45) is 0 Å². The first-order valence-electron chi connectivity index (χ1n) is 6.46. The monoisotopic (exact) mass is 301 g/mol. The van der Waals surface area contributed by atoms with E-state index >= 15 is 0 Å². The molecule has 0 fully saturated rings. The number of nitrogen functional groups attached to an aromatic ring is 1. The molecule has 3 rings (SSSR count). The third-order valence-electron chi connectivity index (χ3n) is 3.20. The molecule has 21 heavy (non-hydrogen) atoms. The van der Waals surface area contributed by atoms with Crippen LogP contribution in [-0.2, 0) is 6.54 Å². The van der Waals surface area contributed by atoms with Gasteiger partial charge in [-0.2, -0.15) is 5.10 Å². The SMILES string of the molecule is Nc1cn(Cc2ccccc2Cl)nc1-c1ccc(F)cc1. The van der Waals surface area contributed by atoms with Crippen molar-refractivity contribution in [3.05, 3.63) is 71.1 Å². The van der Waals surface area contributed by atoms with Crippen molar-refractivity contribution < 1.29 is 4.39 Å². The summed E-state index contributed by atoms with van der Waals surface area (Å²) >= 11 is 6.14. The number of hydrogen-bond acceptors (Lipinski definition) is 2. The van der Waals surface area contributed by atoms with Crippen LogP contribution in [0, 0.1) is 5.82 Å². The van der Waals surface area contributed by atoms with Gasteiger partial charge in [0.05, 0.1) is 12.2 Å². The van der Waals surface area contributed by atoms with Gasteiger partial charge in [-0.3, -0.25) is 4.68 Å². The minimum atomic E-state index is -0.284. The van der Waals surface area contributed by atoms with Crippen molar-refractivity contribution in [1.29, 1.82) is 0 Å². The average Bonchev–Trinajstić information content (AvgIpc) is 2.83. The van der Waals surface area contributed by atoms with Crippen LogP contribution in [-0.4, -0.2) is 9.78 Å². The highest BCUT2D eigenvalue weighted by molar-refractivity contribution is 6.31. The zero-order valence-electron chi connectivity index (χ0n) is 11.1. The number of anilines is 1. The van der Waals surface area contributed by atoms with Crippen LogP contribution in [0.15, 0.2) is 54.7 Å². The highest BCUT2D eigenvalue weighted by atomic mass is 35.5. The predicted molar refractivity (Wildman–Crippen MR) is 82.6 cm³/mol. The quantitative estimate of drug-likeness (QED) is 0.795. The molecule has 5 heteroatoms. The fourth-order valence-electron chi connectivity index (χ4n) is 2.15. The maximum atomic E-state index is 13.0. The minimum absolute atomic E-state index is 0.284. The molecule has 0 spiro atoms. The average molecular weight is 302 g/mol. The summed E-state index contributed by atoms with van der Waals surface area (Å²) in [5.74, 6) is -0.284. The molecule has 0 aliphatic carbocycles. The summed E-state index contributed by atoms with van der Waals surface area (Å²) in [7, 11) is 0. The highest BCUT2D eigenvalue weighted by Gasteiger charge is 2.10. The molecular formula is C16H13ClFN3. The molecule has 0 bridgehead atoms. The van der Waals surface area contributed by atoms with E-state index < -0.39 is 0 Å². The third kappa shape index (κ3) is 2.90. The molecule has 1 aromatic heterocycles. The maximum Gasteiger partial charge on any atom is 0.123 e. The number of rotatable bonds is 3. The fourth-order valence-corrected chi connectivity index (χ4v) is 2.35. The van der Waals surface area contributed by atoms with Gasteiger partial charge in [-0.05, 0) is 35.9 Å². The zero-order valence-corrected chi connectivity index (χ0v) is 11.9. The van der Waals surface area contributed by atoms with Crippen LogP contribution >= 0.6 is 11.6 Å². The second kappa shape index (κ2) is 5.58. The van der Waals surface area contributed by atoms with E-state index in [9.17, 15) is 4.39 Å². The molecule has 0 radical (unpaired) electrons. The van der Waals surface area contributed by atoms with Gasteiger partial charge < -0.3 is 5.73 Å². The van der Waals surface area contributed by atoms with Crippen LogP contribution in [0.5, 0.6) is 0 Å². The molecule has 0 saturated carbocycles. The summed E-state index contributed by atoms with van der Waals surface area (Å²) in [4.78, 5) is 0. The lowest BCUT2D eigenvalue weighted by Gasteiger charge is -2.04.